The van der Waals surface area contributed by atoms with Gasteiger partial charge in [0.25, 0.3) is 5.56 Å². The molecule has 9 nitrogen and oxygen atoms in total. The molecule has 0 aliphatic carbocycles. The summed E-state index contributed by atoms with van der Waals surface area (Å²) in [5.41, 5.74) is 1.88. The van der Waals surface area contributed by atoms with E-state index >= 15 is 0 Å². The molecule has 0 aromatic carbocycles. The van der Waals surface area contributed by atoms with E-state index in [0.717, 1.165) is 11.5 Å². The lowest BCUT2D eigenvalue weighted by molar-refractivity contribution is -0.121. The second-order valence-electron chi connectivity index (χ2n) is 6.25. The molecule has 2 aromatic rings. The van der Waals surface area contributed by atoms with Gasteiger partial charge in [0.15, 0.2) is 0 Å². The van der Waals surface area contributed by atoms with E-state index in [4.69, 9.17) is 0 Å². The third kappa shape index (κ3) is 5.01. The number of rotatable bonds is 7. The number of nitrogens with zero attached hydrogens (tertiary/aromatic N) is 5. The van der Waals surface area contributed by atoms with E-state index in [-0.39, 0.29) is 18.0 Å². The monoisotopic (exact) mass is 359 g/mol. The van der Waals surface area contributed by atoms with Crippen molar-refractivity contribution in [1.29, 1.82) is 0 Å². The summed E-state index contributed by atoms with van der Waals surface area (Å²) >= 11 is 0. The normalized spacial score (nSPS) is 10.5. The number of hydrogen-bond acceptors (Lipinski definition) is 7. The first kappa shape index (κ1) is 19.4. The van der Waals surface area contributed by atoms with Gasteiger partial charge in [0.05, 0.1) is 6.33 Å². The average molecular weight is 359 g/mol. The van der Waals surface area contributed by atoms with Crippen LogP contribution < -0.4 is 21.1 Å². The van der Waals surface area contributed by atoms with E-state index in [1.54, 1.807) is 13.8 Å². The molecule has 2 N–H and O–H groups in total. The molecule has 140 valence electrons. The number of aromatic nitrogens is 4. The Bertz CT molecular complexity index is 845. The Hall–Kier alpha value is -2.97. The van der Waals surface area contributed by atoms with Gasteiger partial charge in [-0.05, 0) is 20.8 Å². The second-order valence-corrected chi connectivity index (χ2v) is 6.25. The van der Waals surface area contributed by atoms with Gasteiger partial charge >= 0.3 is 0 Å². The molecular weight excluding hydrogens is 334 g/mol. The minimum Gasteiger partial charge on any atom is -0.363 e. The summed E-state index contributed by atoms with van der Waals surface area (Å²) in [6.45, 7) is 6.17. The first-order valence-electron chi connectivity index (χ1n) is 8.34. The fourth-order valence-electron chi connectivity index (χ4n) is 2.24. The van der Waals surface area contributed by atoms with Crippen molar-refractivity contribution >= 4 is 17.7 Å². The van der Waals surface area contributed by atoms with Crippen molar-refractivity contribution < 1.29 is 4.79 Å². The molecule has 0 radical (unpaired) electrons. The van der Waals surface area contributed by atoms with Crippen LogP contribution in [-0.4, -0.2) is 52.6 Å². The largest absolute Gasteiger partial charge is 0.363 e. The number of hydrogen-bond donors (Lipinski definition) is 2. The Balaban J connectivity index is 1.84. The van der Waals surface area contributed by atoms with E-state index in [0.29, 0.717) is 30.3 Å². The smallest absolute Gasteiger partial charge is 0.256 e. The van der Waals surface area contributed by atoms with Gasteiger partial charge in [-0.2, -0.15) is 4.98 Å². The molecule has 0 spiro atoms. The molecule has 2 heterocycles. The highest BCUT2D eigenvalue weighted by Crippen LogP contribution is 2.11. The summed E-state index contributed by atoms with van der Waals surface area (Å²) in [6.07, 6.45) is 1.39. The molecule has 0 saturated carbocycles. The summed E-state index contributed by atoms with van der Waals surface area (Å²) in [4.78, 5) is 38.8. The summed E-state index contributed by atoms with van der Waals surface area (Å²) in [5, 5.41) is 5.84. The number of aryl methyl sites for hydroxylation is 2. The highest BCUT2D eigenvalue weighted by molar-refractivity contribution is 5.75. The van der Waals surface area contributed by atoms with Crippen LogP contribution in [0.2, 0.25) is 0 Å². The molecule has 0 atom stereocenters. The molecule has 0 aliphatic heterocycles. The van der Waals surface area contributed by atoms with E-state index < -0.39 is 0 Å². The lowest BCUT2D eigenvalue weighted by Crippen LogP contribution is -2.35. The van der Waals surface area contributed by atoms with Gasteiger partial charge in [-0.15, -0.1) is 0 Å². The number of nitrogens with one attached hydrogen (secondary N) is 2. The van der Waals surface area contributed by atoms with Crippen molar-refractivity contribution in [2.45, 2.75) is 27.3 Å². The van der Waals surface area contributed by atoms with E-state index in [1.165, 1.54) is 10.9 Å². The molecular formula is C17H25N7O2. The van der Waals surface area contributed by atoms with Crippen LogP contribution >= 0.6 is 0 Å². The molecule has 2 aromatic heterocycles. The summed E-state index contributed by atoms with van der Waals surface area (Å²) in [7, 11) is 3.82. The molecule has 0 unspecified atom stereocenters. The fraction of sp³-hybridized carbons (Fsp3) is 0.471. The Kier molecular flexibility index (Phi) is 6.26. The fourth-order valence-corrected chi connectivity index (χ4v) is 2.24. The van der Waals surface area contributed by atoms with Gasteiger partial charge in [0.2, 0.25) is 11.9 Å². The number of anilines is 2. The molecule has 0 fully saturated rings. The topological polar surface area (TPSA) is 105 Å². The molecule has 9 heteroatoms. The van der Waals surface area contributed by atoms with Gasteiger partial charge in [0, 0.05) is 50.2 Å². The minimum absolute atomic E-state index is 0.0569. The van der Waals surface area contributed by atoms with Crippen LogP contribution in [0.3, 0.4) is 0 Å². The van der Waals surface area contributed by atoms with Gasteiger partial charge in [-0.25, -0.2) is 9.97 Å². The Labute approximate surface area is 152 Å². The molecule has 2 rings (SSSR count). The minimum atomic E-state index is -0.252. The quantitative estimate of drug-likeness (QED) is 0.683. The van der Waals surface area contributed by atoms with Crippen LogP contribution in [0.25, 0.3) is 0 Å². The van der Waals surface area contributed by atoms with Crippen molar-refractivity contribution in [2.75, 3.05) is 37.4 Å². The zero-order chi connectivity index (χ0) is 19.3. The van der Waals surface area contributed by atoms with E-state index in [9.17, 15) is 9.59 Å². The van der Waals surface area contributed by atoms with Crippen LogP contribution in [0.15, 0.2) is 17.2 Å². The first-order valence-corrected chi connectivity index (χ1v) is 8.34. The van der Waals surface area contributed by atoms with Crippen LogP contribution in [0.5, 0.6) is 0 Å². The van der Waals surface area contributed by atoms with Crippen LogP contribution in [0.4, 0.5) is 11.8 Å². The third-order valence-corrected chi connectivity index (χ3v) is 3.86. The Morgan fingerprint density at radius 3 is 2.62 bits per heavy atom. The lowest BCUT2D eigenvalue weighted by atomic mass is 10.3. The third-order valence-electron chi connectivity index (χ3n) is 3.86. The van der Waals surface area contributed by atoms with Crippen LogP contribution in [0, 0.1) is 20.8 Å². The summed E-state index contributed by atoms with van der Waals surface area (Å²) in [6, 6.07) is 1.89. The van der Waals surface area contributed by atoms with Gasteiger partial charge in [-0.3, -0.25) is 14.2 Å². The summed E-state index contributed by atoms with van der Waals surface area (Å²) < 4.78 is 1.30. The van der Waals surface area contributed by atoms with E-state index in [1.807, 2.05) is 32.0 Å². The second kappa shape index (κ2) is 8.41. The standard InChI is InChI=1S/C17H25N7O2/c1-11-8-14(23(4)5)22-17(21-11)19-7-6-18-15(25)9-24-10-20-13(3)12(2)16(24)26/h8,10H,6-7,9H2,1-5H3,(H,18,25)(H,19,21,22). The highest BCUT2D eigenvalue weighted by atomic mass is 16.2. The number of amides is 1. The predicted molar refractivity (Wildman–Crippen MR) is 101 cm³/mol. The molecule has 1 amide bonds. The van der Waals surface area contributed by atoms with Crippen molar-refractivity contribution in [3.05, 3.63) is 39.7 Å². The number of carbonyl (C=O) groups is 1. The molecule has 0 aliphatic rings. The Morgan fingerprint density at radius 2 is 1.92 bits per heavy atom. The maximum atomic E-state index is 12.1. The van der Waals surface area contributed by atoms with Gasteiger partial charge in [-0.1, -0.05) is 0 Å². The Morgan fingerprint density at radius 1 is 1.19 bits per heavy atom. The zero-order valence-electron chi connectivity index (χ0n) is 15.8. The van der Waals surface area contributed by atoms with Crippen molar-refractivity contribution in [3.8, 4) is 0 Å². The molecule has 0 saturated heterocycles. The van der Waals surface area contributed by atoms with Crippen molar-refractivity contribution in [1.82, 2.24) is 24.8 Å². The van der Waals surface area contributed by atoms with E-state index in [2.05, 4.69) is 25.6 Å². The average Bonchev–Trinajstić information content (AvgIpc) is 2.59. The SMILES string of the molecule is Cc1cc(N(C)C)nc(NCCNC(=O)Cn2cnc(C)c(C)c2=O)n1. The summed E-state index contributed by atoms with van der Waals surface area (Å²) in [5.74, 6) is 1.07. The molecule has 0 bridgehead atoms. The van der Waals surface area contributed by atoms with Gasteiger partial charge < -0.3 is 15.5 Å². The maximum Gasteiger partial charge on any atom is 0.256 e. The van der Waals surface area contributed by atoms with Crippen LogP contribution in [-0.2, 0) is 11.3 Å². The number of carbonyl (C=O) groups excluding carboxylic acids is 1. The van der Waals surface area contributed by atoms with Crippen LogP contribution in [0.1, 0.15) is 17.0 Å². The van der Waals surface area contributed by atoms with Crippen molar-refractivity contribution in [2.24, 2.45) is 0 Å². The predicted octanol–water partition coefficient (Wildman–Crippen LogP) is 0.253. The highest BCUT2D eigenvalue weighted by Gasteiger charge is 2.08. The first-order chi connectivity index (χ1) is 12.3. The molecule has 26 heavy (non-hydrogen) atoms. The van der Waals surface area contributed by atoms with Gasteiger partial charge in [0.1, 0.15) is 12.4 Å². The van der Waals surface area contributed by atoms with Crippen molar-refractivity contribution in [3.63, 3.8) is 0 Å². The lowest BCUT2D eigenvalue weighted by Gasteiger charge is -2.14. The zero-order valence-corrected chi connectivity index (χ0v) is 15.8. The maximum absolute atomic E-state index is 12.1.